The van der Waals surface area contributed by atoms with Crippen LogP contribution in [0.25, 0.3) is 10.9 Å². The number of ether oxygens (including phenoxy) is 1. The van der Waals surface area contributed by atoms with Crippen molar-refractivity contribution in [1.29, 1.82) is 0 Å². The fourth-order valence-electron chi connectivity index (χ4n) is 2.46. The second-order valence-corrected chi connectivity index (χ2v) is 6.02. The van der Waals surface area contributed by atoms with Crippen LogP contribution < -0.4 is 4.74 Å². The Labute approximate surface area is 133 Å². The van der Waals surface area contributed by atoms with Gasteiger partial charge in [0.15, 0.2) is 0 Å². The van der Waals surface area contributed by atoms with E-state index in [0.29, 0.717) is 0 Å². The van der Waals surface area contributed by atoms with Crippen LogP contribution in [0.5, 0.6) is 5.75 Å². The third kappa shape index (κ3) is 3.13. The van der Waals surface area contributed by atoms with Gasteiger partial charge in [0.1, 0.15) is 5.75 Å². The molecular formula is C18H18BrNO. The fraction of sp³-hybridized carbons (Fsp3) is 0.222. The molecule has 2 aromatic carbocycles. The normalized spacial score (nSPS) is 11.0. The Morgan fingerprint density at radius 3 is 2.62 bits per heavy atom. The number of hydrogen-bond acceptors (Lipinski definition) is 1. The SMILES string of the molecule is CCCOc1cccc2c1ccn2Cc1ccc(Br)cc1. The molecule has 0 bridgehead atoms. The lowest BCUT2D eigenvalue weighted by molar-refractivity contribution is 0.321. The van der Waals surface area contributed by atoms with Crippen molar-refractivity contribution in [2.75, 3.05) is 6.61 Å². The molecule has 0 aliphatic carbocycles. The Hall–Kier alpha value is -1.74. The average Bonchev–Trinajstić information content (AvgIpc) is 2.91. The van der Waals surface area contributed by atoms with Crippen molar-refractivity contribution in [2.45, 2.75) is 19.9 Å². The van der Waals surface area contributed by atoms with Crippen LogP contribution in [0.1, 0.15) is 18.9 Å². The number of fused-ring (bicyclic) bond motifs is 1. The Balaban J connectivity index is 1.91. The summed E-state index contributed by atoms with van der Waals surface area (Å²) in [5.41, 5.74) is 2.50. The molecule has 0 aliphatic heterocycles. The molecule has 0 N–H and O–H groups in total. The van der Waals surface area contributed by atoms with Gasteiger partial charge in [0, 0.05) is 22.6 Å². The van der Waals surface area contributed by atoms with Gasteiger partial charge in [0.25, 0.3) is 0 Å². The highest BCUT2D eigenvalue weighted by Crippen LogP contribution is 2.27. The molecule has 0 saturated carbocycles. The third-order valence-electron chi connectivity index (χ3n) is 3.50. The number of nitrogens with zero attached hydrogens (tertiary/aromatic N) is 1. The van der Waals surface area contributed by atoms with E-state index in [1.165, 1.54) is 16.5 Å². The minimum atomic E-state index is 0.761. The summed E-state index contributed by atoms with van der Waals surface area (Å²) in [6.45, 7) is 3.75. The summed E-state index contributed by atoms with van der Waals surface area (Å²) in [6, 6.07) is 16.8. The molecule has 0 radical (unpaired) electrons. The number of benzene rings is 2. The van der Waals surface area contributed by atoms with E-state index >= 15 is 0 Å². The van der Waals surface area contributed by atoms with E-state index < -0.39 is 0 Å². The van der Waals surface area contributed by atoms with Gasteiger partial charge in [0.05, 0.1) is 12.1 Å². The minimum absolute atomic E-state index is 0.761. The molecule has 0 amide bonds. The summed E-state index contributed by atoms with van der Waals surface area (Å²) >= 11 is 3.47. The molecule has 1 heterocycles. The van der Waals surface area contributed by atoms with Gasteiger partial charge in [-0.3, -0.25) is 0 Å². The van der Waals surface area contributed by atoms with Crippen LogP contribution in [-0.4, -0.2) is 11.2 Å². The zero-order valence-electron chi connectivity index (χ0n) is 12.1. The summed E-state index contributed by atoms with van der Waals surface area (Å²) in [5, 5.41) is 1.18. The monoisotopic (exact) mass is 343 g/mol. The first kappa shape index (κ1) is 14.2. The molecule has 3 aromatic rings. The van der Waals surface area contributed by atoms with E-state index in [4.69, 9.17) is 4.74 Å². The smallest absolute Gasteiger partial charge is 0.128 e. The topological polar surface area (TPSA) is 14.2 Å². The lowest BCUT2D eigenvalue weighted by Gasteiger charge is -2.08. The first-order valence-electron chi connectivity index (χ1n) is 7.23. The van der Waals surface area contributed by atoms with Gasteiger partial charge in [-0.15, -0.1) is 0 Å². The van der Waals surface area contributed by atoms with Crippen molar-refractivity contribution in [3.8, 4) is 5.75 Å². The predicted molar refractivity (Wildman–Crippen MR) is 91.0 cm³/mol. The second kappa shape index (κ2) is 6.35. The summed E-state index contributed by atoms with van der Waals surface area (Å²) in [4.78, 5) is 0. The molecule has 0 unspecified atom stereocenters. The van der Waals surface area contributed by atoms with Crippen LogP contribution in [0.4, 0.5) is 0 Å². The number of aromatic nitrogens is 1. The quantitative estimate of drug-likeness (QED) is 0.617. The van der Waals surface area contributed by atoms with E-state index in [0.717, 1.165) is 29.8 Å². The summed E-state index contributed by atoms with van der Waals surface area (Å²) in [5.74, 6) is 0.976. The fourth-order valence-corrected chi connectivity index (χ4v) is 2.72. The molecule has 0 atom stereocenters. The summed E-state index contributed by atoms with van der Waals surface area (Å²) < 4.78 is 9.20. The largest absolute Gasteiger partial charge is 0.493 e. The van der Waals surface area contributed by atoms with E-state index in [2.05, 4.69) is 76.1 Å². The van der Waals surface area contributed by atoms with Crippen LogP contribution in [0.2, 0.25) is 0 Å². The zero-order valence-corrected chi connectivity index (χ0v) is 13.6. The number of rotatable bonds is 5. The van der Waals surface area contributed by atoms with Crippen molar-refractivity contribution < 1.29 is 4.74 Å². The van der Waals surface area contributed by atoms with Crippen LogP contribution in [0.15, 0.2) is 59.2 Å². The standard InChI is InChI=1S/C18H18BrNO/c1-2-12-21-18-5-3-4-17-16(18)10-11-20(17)13-14-6-8-15(19)9-7-14/h3-11H,2,12-13H2,1H3. The van der Waals surface area contributed by atoms with E-state index in [-0.39, 0.29) is 0 Å². The van der Waals surface area contributed by atoms with Gasteiger partial charge in [-0.2, -0.15) is 0 Å². The molecule has 108 valence electrons. The van der Waals surface area contributed by atoms with Crippen LogP contribution in [0.3, 0.4) is 0 Å². The lowest BCUT2D eigenvalue weighted by Crippen LogP contribution is -1.98. The molecule has 2 nitrogen and oxygen atoms in total. The Bertz CT molecular complexity index is 731. The first-order chi connectivity index (χ1) is 10.3. The highest BCUT2D eigenvalue weighted by atomic mass is 79.9. The Morgan fingerprint density at radius 1 is 1.05 bits per heavy atom. The van der Waals surface area contributed by atoms with Crippen LogP contribution >= 0.6 is 15.9 Å². The molecule has 0 fully saturated rings. The maximum atomic E-state index is 5.83. The van der Waals surface area contributed by atoms with Gasteiger partial charge in [-0.05, 0) is 42.3 Å². The molecule has 3 rings (SSSR count). The predicted octanol–water partition coefficient (Wildman–Crippen LogP) is 5.24. The second-order valence-electron chi connectivity index (χ2n) is 5.11. The number of hydrogen-bond donors (Lipinski definition) is 0. The van der Waals surface area contributed by atoms with E-state index in [1.807, 2.05) is 6.07 Å². The molecule has 0 aliphatic rings. The highest BCUT2D eigenvalue weighted by molar-refractivity contribution is 9.10. The Kier molecular flexibility index (Phi) is 4.30. The molecule has 0 spiro atoms. The van der Waals surface area contributed by atoms with Crippen molar-refractivity contribution >= 4 is 26.8 Å². The van der Waals surface area contributed by atoms with Gasteiger partial charge in [-0.1, -0.05) is 41.1 Å². The van der Waals surface area contributed by atoms with Crippen LogP contribution in [0, 0.1) is 0 Å². The maximum absolute atomic E-state index is 5.83. The van der Waals surface area contributed by atoms with Gasteiger partial charge >= 0.3 is 0 Å². The van der Waals surface area contributed by atoms with Crippen molar-refractivity contribution in [3.63, 3.8) is 0 Å². The first-order valence-corrected chi connectivity index (χ1v) is 8.02. The molecule has 0 saturated heterocycles. The van der Waals surface area contributed by atoms with Crippen LogP contribution in [-0.2, 0) is 6.54 Å². The van der Waals surface area contributed by atoms with Crippen molar-refractivity contribution in [3.05, 3.63) is 64.8 Å². The van der Waals surface area contributed by atoms with Crippen molar-refractivity contribution in [2.24, 2.45) is 0 Å². The molecule has 21 heavy (non-hydrogen) atoms. The maximum Gasteiger partial charge on any atom is 0.128 e. The van der Waals surface area contributed by atoms with E-state index in [1.54, 1.807) is 0 Å². The lowest BCUT2D eigenvalue weighted by atomic mass is 10.2. The Morgan fingerprint density at radius 2 is 1.86 bits per heavy atom. The highest BCUT2D eigenvalue weighted by Gasteiger charge is 2.06. The summed E-state index contributed by atoms with van der Waals surface area (Å²) in [6.07, 6.45) is 3.15. The van der Waals surface area contributed by atoms with Gasteiger partial charge < -0.3 is 9.30 Å². The minimum Gasteiger partial charge on any atom is -0.493 e. The zero-order chi connectivity index (χ0) is 14.7. The molecule has 1 aromatic heterocycles. The van der Waals surface area contributed by atoms with Gasteiger partial charge in [0.2, 0.25) is 0 Å². The number of halogens is 1. The van der Waals surface area contributed by atoms with Gasteiger partial charge in [-0.25, -0.2) is 0 Å². The average molecular weight is 344 g/mol. The van der Waals surface area contributed by atoms with E-state index in [9.17, 15) is 0 Å². The molecular weight excluding hydrogens is 326 g/mol. The van der Waals surface area contributed by atoms with Crippen molar-refractivity contribution in [1.82, 2.24) is 4.57 Å². The third-order valence-corrected chi connectivity index (χ3v) is 4.03. The molecule has 3 heteroatoms. The summed E-state index contributed by atoms with van der Waals surface area (Å²) in [7, 11) is 0.